The number of aryl methyl sites for hydroxylation is 2. The SMILES string of the molecule is CCOc1csc2c(C)ccc(C)c12. The topological polar surface area (TPSA) is 9.23 Å². The second-order valence-corrected chi connectivity index (χ2v) is 4.32. The Kier molecular flexibility index (Phi) is 2.46. The van der Waals surface area contributed by atoms with E-state index in [1.165, 1.54) is 21.2 Å². The van der Waals surface area contributed by atoms with Crippen LogP contribution in [0.4, 0.5) is 0 Å². The fourth-order valence-corrected chi connectivity index (χ4v) is 2.72. The lowest BCUT2D eigenvalue weighted by molar-refractivity contribution is 0.345. The van der Waals surface area contributed by atoms with Crippen molar-refractivity contribution in [1.82, 2.24) is 0 Å². The summed E-state index contributed by atoms with van der Waals surface area (Å²) in [6.07, 6.45) is 0. The molecule has 0 amide bonds. The van der Waals surface area contributed by atoms with Crippen LogP contribution in [0, 0.1) is 13.8 Å². The fourth-order valence-electron chi connectivity index (χ4n) is 1.68. The van der Waals surface area contributed by atoms with Crippen molar-refractivity contribution in [3.8, 4) is 5.75 Å². The fraction of sp³-hybridized carbons (Fsp3) is 0.333. The van der Waals surface area contributed by atoms with E-state index in [1.807, 2.05) is 6.92 Å². The zero-order valence-corrected chi connectivity index (χ0v) is 9.57. The number of hydrogen-bond acceptors (Lipinski definition) is 2. The molecule has 0 aliphatic rings. The highest BCUT2D eigenvalue weighted by Gasteiger charge is 2.08. The van der Waals surface area contributed by atoms with Crippen LogP contribution in [-0.4, -0.2) is 6.61 Å². The minimum atomic E-state index is 0.735. The minimum Gasteiger partial charge on any atom is -0.492 e. The first-order valence-corrected chi connectivity index (χ1v) is 5.72. The Hall–Kier alpha value is -1.02. The van der Waals surface area contributed by atoms with E-state index in [9.17, 15) is 0 Å². The van der Waals surface area contributed by atoms with E-state index in [2.05, 4.69) is 31.4 Å². The summed E-state index contributed by atoms with van der Waals surface area (Å²) < 4.78 is 6.96. The van der Waals surface area contributed by atoms with Gasteiger partial charge in [-0.2, -0.15) is 0 Å². The van der Waals surface area contributed by atoms with Crippen molar-refractivity contribution in [2.75, 3.05) is 6.61 Å². The number of ether oxygens (including phenoxy) is 1. The molecule has 2 aromatic rings. The normalized spacial score (nSPS) is 10.8. The molecule has 0 unspecified atom stereocenters. The maximum absolute atomic E-state index is 5.61. The van der Waals surface area contributed by atoms with Gasteiger partial charge >= 0.3 is 0 Å². The number of thiophene rings is 1. The van der Waals surface area contributed by atoms with E-state index in [4.69, 9.17) is 4.74 Å². The lowest BCUT2D eigenvalue weighted by Gasteiger charge is -2.04. The molecule has 0 aliphatic heterocycles. The average molecular weight is 206 g/mol. The molecule has 2 heteroatoms. The largest absolute Gasteiger partial charge is 0.492 e. The van der Waals surface area contributed by atoms with Crippen molar-refractivity contribution in [2.45, 2.75) is 20.8 Å². The smallest absolute Gasteiger partial charge is 0.138 e. The molecule has 1 aromatic heterocycles. The molecule has 0 radical (unpaired) electrons. The Balaban J connectivity index is 2.70. The summed E-state index contributed by atoms with van der Waals surface area (Å²) in [6, 6.07) is 4.33. The molecule has 0 atom stereocenters. The van der Waals surface area contributed by atoms with Crippen LogP contribution in [0.15, 0.2) is 17.5 Å². The lowest BCUT2D eigenvalue weighted by Crippen LogP contribution is -1.90. The summed E-state index contributed by atoms with van der Waals surface area (Å²) in [5, 5.41) is 3.39. The van der Waals surface area contributed by atoms with Gasteiger partial charge in [0.25, 0.3) is 0 Å². The lowest BCUT2D eigenvalue weighted by atomic mass is 10.1. The van der Waals surface area contributed by atoms with Gasteiger partial charge in [0.1, 0.15) is 5.75 Å². The highest BCUT2D eigenvalue weighted by atomic mass is 32.1. The molecule has 2 rings (SSSR count). The number of hydrogen-bond donors (Lipinski definition) is 0. The van der Waals surface area contributed by atoms with Gasteiger partial charge in [-0.1, -0.05) is 12.1 Å². The van der Waals surface area contributed by atoms with E-state index in [1.54, 1.807) is 11.3 Å². The summed E-state index contributed by atoms with van der Waals surface area (Å²) in [4.78, 5) is 0. The van der Waals surface area contributed by atoms with Crippen LogP contribution in [0.25, 0.3) is 10.1 Å². The second kappa shape index (κ2) is 3.62. The van der Waals surface area contributed by atoms with Crippen LogP contribution in [0.5, 0.6) is 5.75 Å². The number of rotatable bonds is 2. The van der Waals surface area contributed by atoms with Gasteiger partial charge in [-0.25, -0.2) is 0 Å². The quantitative estimate of drug-likeness (QED) is 0.723. The van der Waals surface area contributed by atoms with Crippen molar-refractivity contribution in [3.63, 3.8) is 0 Å². The van der Waals surface area contributed by atoms with Crippen LogP contribution in [0.1, 0.15) is 18.1 Å². The molecule has 0 spiro atoms. The maximum atomic E-state index is 5.61. The van der Waals surface area contributed by atoms with Crippen molar-refractivity contribution >= 4 is 21.4 Å². The molecule has 1 aromatic carbocycles. The molecule has 0 bridgehead atoms. The van der Waals surface area contributed by atoms with Crippen molar-refractivity contribution in [2.24, 2.45) is 0 Å². The number of fused-ring (bicyclic) bond motifs is 1. The third-order valence-electron chi connectivity index (χ3n) is 2.39. The molecule has 74 valence electrons. The van der Waals surface area contributed by atoms with Gasteiger partial charge in [0.2, 0.25) is 0 Å². The minimum absolute atomic E-state index is 0.735. The molecule has 14 heavy (non-hydrogen) atoms. The molecule has 0 fully saturated rings. The Morgan fingerprint density at radius 2 is 1.93 bits per heavy atom. The summed E-state index contributed by atoms with van der Waals surface area (Å²) in [7, 11) is 0. The van der Waals surface area contributed by atoms with Crippen LogP contribution >= 0.6 is 11.3 Å². The Labute approximate surface area is 88.3 Å². The second-order valence-electron chi connectivity index (χ2n) is 3.44. The van der Waals surface area contributed by atoms with Gasteiger partial charge in [0.15, 0.2) is 0 Å². The highest BCUT2D eigenvalue weighted by molar-refractivity contribution is 7.17. The van der Waals surface area contributed by atoms with Crippen molar-refractivity contribution in [1.29, 1.82) is 0 Å². The molecular weight excluding hydrogens is 192 g/mol. The van der Waals surface area contributed by atoms with E-state index in [0.29, 0.717) is 0 Å². The molecular formula is C12H14OS. The number of benzene rings is 1. The van der Waals surface area contributed by atoms with Crippen LogP contribution in [-0.2, 0) is 0 Å². The van der Waals surface area contributed by atoms with Crippen LogP contribution < -0.4 is 4.74 Å². The first-order chi connectivity index (χ1) is 6.74. The standard InChI is InChI=1S/C12H14OS/c1-4-13-10-7-14-12-9(3)6-5-8(2)11(10)12/h5-7H,4H2,1-3H3. The van der Waals surface area contributed by atoms with Crippen LogP contribution in [0.2, 0.25) is 0 Å². The van der Waals surface area contributed by atoms with Crippen molar-refractivity contribution < 1.29 is 4.74 Å². The Morgan fingerprint density at radius 1 is 1.21 bits per heavy atom. The molecule has 1 nitrogen and oxygen atoms in total. The zero-order chi connectivity index (χ0) is 10.1. The van der Waals surface area contributed by atoms with Gasteiger partial charge in [-0.15, -0.1) is 11.3 Å². The first kappa shape index (κ1) is 9.53. The highest BCUT2D eigenvalue weighted by Crippen LogP contribution is 2.36. The summed E-state index contributed by atoms with van der Waals surface area (Å²) in [5.74, 6) is 1.04. The summed E-state index contributed by atoms with van der Waals surface area (Å²) >= 11 is 1.77. The predicted molar refractivity (Wildman–Crippen MR) is 62.5 cm³/mol. The molecule has 0 saturated carbocycles. The van der Waals surface area contributed by atoms with Gasteiger partial charge in [-0.05, 0) is 31.9 Å². The molecule has 0 aliphatic carbocycles. The van der Waals surface area contributed by atoms with E-state index >= 15 is 0 Å². The average Bonchev–Trinajstić information content (AvgIpc) is 2.58. The van der Waals surface area contributed by atoms with Crippen LogP contribution in [0.3, 0.4) is 0 Å². The van der Waals surface area contributed by atoms with Gasteiger partial charge in [0, 0.05) is 15.5 Å². The predicted octanol–water partition coefficient (Wildman–Crippen LogP) is 3.92. The van der Waals surface area contributed by atoms with E-state index in [-0.39, 0.29) is 0 Å². The third-order valence-corrected chi connectivity index (χ3v) is 3.49. The maximum Gasteiger partial charge on any atom is 0.138 e. The van der Waals surface area contributed by atoms with Gasteiger partial charge < -0.3 is 4.74 Å². The first-order valence-electron chi connectivity index (χ1n) is 4.84. The monoisotopic (exact) mass is 206 g/mol. The zero-order valence-electron chi connectivity index (χ0n) is 8.76. The Bertz CT molecular complexity index is 457. The van der Waals surface area contributed by atoms with E-state index < -0.39 is 0 Å². The van der Waals surface area contributed by atoms with Crippen molar-refractivity contribution in [3.05, 3.63) is 28.6 Å². The summed E-state index contributed by atoms with van der Waals surface area (Å²) in [5.41, 5.74) is 2.64. The molecule has 0 saturated heterocycles. The third kappa shape index (κ3) is 1.40. The van der Waals surface area contributed by atoms with Gasteiger partial charge in [-0.3, -0.25) is 0 Å². The van der Waals surface area contributed by atoms with Gasteiger partial charge in [0.05, 0.1) is 6.61 Å². The molecule has 1 heterocycles. The molecule has 0 N–H and O–H groups in total. The summed E-state index contributed by atoms with van der Waals surface area (Å²) in [6.45, 7) is 7.04. The Morgan fingerprint density at radius 3 is 2.64 bits per heavy atom. The van der Waals surface area contributed by atoms with E-state index in [0.717, 1.165) is 12.4 Å².